The number of nitrogens with zero attached hydrogens (tertiary/aromatic N) is 1. The van der Waals surface area contributed by atoms with Gasteiger partial charge in [0, 0.05) is 11.7 Å². The summed E-state index contributed by atoms with van der Waals surface area (Å²) in [4.78, 5) is 0. The van der Waals surface area contributed by atoms with E-state index in [2.05, 4.69) is 18.3 Å². The lowest BCUT2D eigenvalue weighted by molar-refractivity contribution is 0.349. The van der Waals surface area contributed by atoms with Crippen LogP contribution in [0.4, 0.5) is 5.69 Å². The summed E-state index contributed by atoms with van der Waals surface area (Å²) in [5.74, 6) is 0.707. The van der Waals surface area contributed by atoms with Crippen LogP contribution in [0.5, 0.6) is 0 Å². The van der Waals surface area contributed by atoms with Crippen LogP contribution >= 0.6 is 11.6 Å². The highest BCUT2D eigenvalue weighted by molar-refractivity contribution is 6.32. The van der Waals surface area contributed by atoms with Crippen LogP contribution in [-0.2, 0) is 0 Å². The van der Waals surface area contributed by atoms with Gasteiger partial charge in [0.25, 0.3) is 0 Å². The Hall–Kier alpha value is -1.20. The van der Waals surface area contributed by atoms with Crippen molar-refractivity contribution in [3.8, 4) is 6.07 Å². The molecule has 1 N–H and O–H groups in total. The topological polar surface area (TPSA) is 35.8 Å². The van der Waals surface area contributed by atoms with Crippen LogP contribution in [-0.4, -0.2) is 6.04 Å². The first-order chi connectivity index (χ1) is 8.20. The highest BCUT2D eigenvalue weighted by Crippen LogP contribution is 2.28. The third-order valence-electron chi connectivity index (χ3n) is 3.55. The Labute approximate surface area is 108 Å². The number of benzene rings is 1. The van der Waals surface area contributed by atoms with E-state index in [0.717, 1.165) is 5.69 Å². The van der Waals surface area contributed by atoms with E-state index in [1.165, 1.54) is 25.7 Å². The van der Waals surface area contributed by atoms with E-state index in [1.807, 2.05) is 12.1 Å². The molecule has 1 saturated carbocycles. The van der Waals surface area contributed by atoms with Gasteiger partial charge in [0.1, 0.15) is 6.07 Å². The molecule has 1 aromatic rings. The lowest BCUT2D eigenvalue weighted by Crippen LogP contribution is -2.30. The third kappa shape index (κ3) is 2.92. The summed E-state index contributed by atoms with van der Waals surface area (Å²) in [5, 5.41) is 12.9. The predicted molar refractivity (Wildman–Crippen MR) is 71.2 cm³/mol. The SMILES string of the molecule is CC1CCCCC1Nc1ccc(C#N)c(Cl)c1. The first kappa shape index (κ1) is 12.3. The summed E-state index contributed by atoms with van der Waals surface area (Å²) in [6.07, 6.45) is 5.15. The van der Waals surface area contributed by atoms with Gasteiger partial charge in [0.2, 0.25) is 0 Å². The molecule has 0 spiro atoms. The molecule has 0 radical (unpaired) electrons. The minimum atomic E-state index is 0.529. The van der Waals surface area contributed by atoms with E-state index in [1.54, 1.807) is 6.07 Å². The molecule has 1 aromatic carbocycles. The molecule has 0 heterocycles. The van der Waals surface area contributed by atoms with Crippen molar-refractivity contribution in [2.75, 3.05) is 5.32 Å². The minimum absolute atomic E-state index is 0.529. The minimum Gasteiger partial charge on any atom is -0.382 e. The van der Waals surface area contributed by atoms with Crippen LogP contribution in [0.25, 0.3) is 0 Å². The molecule has 0 saturated heterocycles. The molecule has 0 bridgehead atoms. The van der Waals surface area contributed by atoms with E-state index < -0.39 is 0 Å². The van der Waals surface area contributed by atoms with E-state index in [-0.39, 0.29) is 0 Å². The molecule has 17 heavy (non-hydrogen) atoms. The molecule has 1 aliphatic carbocycles. The van der Waals surface area contributed by atoms with Gasteiger partial charge in [0.05, 0.1) is 10.6 Å². The molecule has 90 valence electrons. The molecule has 0 aromatic heterocycles. The van der Waals surface area contributed by atoms with Crippen LogP contribution in [0.15, 0.2) is 18.2 Å². The normalized spacial score (nSPS) is 24.1. The van der Waals surface area contributed by atoms with E-state index >= 15 is 0 Å². The fraction of sp³-hybridized carbons (Fsp3) is 0.500. The summed E-state index contributed by atoms with van der Waals surface area (Å²) in [5.41, 5.74) is 1.56. The number of hydrogen-bond acceptors (Lipinski definition) is 2. The van der Waals surface area contributed by atoms with Crippen LogP contribution in [0, 0.1) is 17.2 Å². The quantitative estimate of drug-likeness (QED) is 0.851. The molecule has 0 amide bonds. The number of halogens is 1. The lowest BCUT2D eigenvalue weighted by Gasteiger charge is -2.30. The molecule has 2 atom stereocenters. The van der Waals surface area contributed by atoms with Crippen LogP contribution in [0.3, 0.4) is 0 Å². The Morgan fingerprint density at radius 1 is 1.35 bits per heavy atom. The highest BCUT2D eigenvalue weighted by Gasteiger charge is 2.20. The highest BCUT2D eigenvalue weighted by atomic mass is 35.5. The smallest absolute Gasteiger partial charge is 0.101 e. The Morgan fingerprint density at radius 3 is 2.76 bits per heavy atom. The zero-order valence-corrected chi connectivity index (χ0v) is 10.8. The molecule has 1 aliphatic rings. The van der Waals surface area contributed by atoms with Crippen LogP contribution in [0.2, 0.25) is 5.02 Å². The average Bonchev–Trinajstić information content (AvgIpc) is 2.32. The Kier molecular flexibility index (Phi) is 3.91. The maximum absolute atomic E-state index is 8.82. The van der Waals surface area contributed by atoms with Crippen molar-refractivity contribution < 1.29 is 0 Å². The standard InChI is InChI=1S/C14H17ClN2/c1-10-4-2-3-5-14(10)17-12-7-6-11(9-16)13(15)8-12/h6-8,10,14,17H,2-5H2,1H3. The van der Waals surface area contributed by atoms with E-state index in [0.29, 0.717) is 22.5 Å². The van der Waals surface area contributed by atoms with Crippen molar-refractivity contribution >= 4 is 17.3 Å². The summed E-state index contributed by atoms with van der Waals surface area (Å²) < 4.78 is 0. The van der Waals surface area contributed by atoms with Gasteiger partial charge < -0.3 is 5.32 Å². The molecular weight excluding hydrogens is 232 g/mol. The lowest BCUT2D eigenvalue weighted by atomic mass is 9.86. The second-order valence-corrected chi connectivity index (χ2v) is 5.23. The second kappa shape index (κ2) is 5.42. The Bertz CT molecular complexity index is 436. The predicted octanol–water partition coefficient (Wildman–Crippen LogP) is 4.20. The van der Waals surface area contributed by atoms with Crippen molar-refractivity contribution in [2.45, 2.75) is 38.6 Å². The molecule has 2 rings (SSSR count). The summed E-state index contributed by atoms with van der Waals surface area (Å²) in [6, 6.07) is 8.17. The number of nitriles is 1. The van der Waals surface area contributed by atoms with Gasteiger partial charge in [-0.05, 0) is 37.0 Å². The number of rotatable bonds is 2. The largest absolute Gasteiger partial charge is 0.382 e. The number of hydrogen-bond donors (Lipinski definition) is 1. The monoisotopic (exact) mass is 248 g/mol. The van der Waals surface area contributed by atoms with E-state index in [4.69, 9.17) is 16.9 Å². The van der Waals surface area contributed by atoms with Gasteiger partial charge in [-0.25, -0.2) is 0 Å². The maximum Gasteiger partial charge on any atom is 0.101 e. The van der Waals surface area contributed by atoms with Gasteiger partial charge in [0.15, 0.2) is 0 Å². The Balaban J connectivity index is 2.08. The van der Waals surface area contributed by atoms with Gasteiger partial charge in [-0.2, -0.15) is 5.26 Å². The van der Waals surface area contributed by atoms with Gasteiger partial charge in [-0.15, -0.1) is 0 Å². The van der Waals surface area contributed by atoms with Crippen molar-refractivity contribution in [1.82, 2.24) is 0 Å². The average molecular weight is 249 g/mol. The maximum atomic E-state index is 8.82. The first-order valence-corrected chi connectivity index (χ1v) is 6.54. The summed E-state index contributed by atoms with van der Waals surface area (Å²) in [7, 11) is 0. The third-order valence-corrected chi connectivity index (χ3v) is 3.87. The second-order valence-electron chi connectivity index (χ2n) is 4.82. The zero-order chi connectivity index (χ0) is 12.3. The Morgan fingerprint density at radius 2 is 2.12 bits per heavy atom. The number of nitrogens with one attached hydrogen (secondary N) is 1. The molecular formula is C14H17ClN2. The van der Waals surface area contributed by atoms with Gasteiger partial charge in [-0.1, -0.05) is 31.4 Å². The van der Waals surface area contributed by atoms with Gasteiger partial charge >= 0.3 is 0 Å². The van der Waals surface area contributed by atoms with Crippen LogP contribution < -0.4 is 5.32 Å². The molecule has 1 fully saturated rings. The first-order valence-electron chi connectivity index (χ1n) is 6.17. The van der Waals surface area contributed by atoms with Crippen molar-refractivity contribution in [1.29, 1.82) is 5.26 Å². The van der Waals surface area contributed by atoms with Crippen molar-refractivity contribution in [3.05, 3.63) is 28.8 Å². The number of anilines is 1. The molecule has 0 aliphatic heterocycles. The molecule has 2 nitrogen and oxygen atoms in total. The zero-order valence-electron chi connectivity index (χ0n) is 10.0. The van der Waals surface area contributed by atoms with Crippen LogP contribution in [0.1, 0.15) is 38.2 Å². The van der Waals surface area contributed by atoms with Gasteiger partial charge in [-0.3, -0.25) is 0 Å². The fourth-order valence-corrected chi connectivity index (χ4v) is 2.66. The van der Waals surface area contributed by atoms with Crippen molar-refractivity contribution in [2.24, 2.45) is 5.92 Å². The summed E-state index contributed by atoms with van der Waals surface area (Å²) in [6.45, 7) is 2.29. The van der Waals surface area contributed by atoms with E-state index in [9.17, 15) is 0 Å². The molecule has 2 unspecified atom stereocenters. The molecule has 3 heteroatoms. The summed E-state index contributed by atoms with van der Waals surface area (Å²) >= 11 is 6.02. The van der Waals surface area contributed by atoms with Crippen molar-refractivity contribution in [3.63, 3.8) is 0 Å². The fourth-order valence-electron chi connectivity index (χ4n) is 2.44.